The minimum atomic E-state index is -1.14. The van der Waals surface area contributed by atoms with E-state index >= 15 is 0 Å². The number of rotatable bonds is 4. The summed E-state index contributed by atoms with van der Waals surface area (Å²) in [5.74, 6) is 3.73. The van der Waals surface area contributed by atoms with Crippen LogP contribution < -0.4 is 0 Å². The molecule has 32 heavy (non-hydrogen) atoms. The number of aliphatic hydroxyl groups is 1. The molecule has 0 aromatic heterocycles. The Kier molecular flexibility index (Phi) is 9.43. The fraction of sp³-hybridized carbons (Fsp3) is 0.241. The topological polar surface area (TPSA) is 23.5 Å². The summed E-state index contributed by atoms with van der Waals surface area (Å²) in [7, 11) is 4.28. The van der Waals surface area contributed by atoms with Gasteiger partial charge in [-0.25, -0.2) is 0 Å². The second kappa shape index (κ2) is 11.8. The molecule has 5 rings (SSSR count). The second-order valence-corrected chi connectivity index (χ2v) is 8.46. The van der Waals surface area contributed by atoms with Gasteiger partial charge in [-0.05, 0) is 88.9 Å². The van der Waals surface area contributed by atoms with Crippen LogP contribution in [0, 0.1) is 62.7 Å². The van der Waals surface area contributed by atoms with E-state index in [-0.39, 0.29) is 17.1 Å². The van der Waals surface area contributed by atoms with Gasteiger partial charge in [0.25, 0.3) is 0 Å². The van der Waals surface area contributed by atoms with Crippen molar-refractivity contribution in [2.24, 2.45) is 0 Å². The van der Waals surface area contributed by atoms with Gasteiger partial charge in [-0.3, -0.25) is 0 Å². The van der Waals surface area contributed by atoms with Crippen LogP contribution in [0.25, 0.3) is 0 Å². The Morgan fingerprint density at radius 1 is 0.781 bits per heavy atom. The fourth-order valence-electron chi connectivity index (χ4n) is 4.77. The maximum absolute atomic E-state index is 12.2. The fourth-order valence-corrected chi connectivity index (χ4v) is 4.77. The summed E-state index contributed by atoms with van der Waals surface area (Å²) < 4.78 is 0. The quantitative estimate of drug-likeness (QED) is 0.628. The number of nitrogens with zero attached hydrogens (tertiary/aromatic N) is 1. The third-order valence-corrected chi connectivity index (χ3v) is 6.30. The van der Waals surface area contributed by atoms with Crippen LogP contribution in [0.1, 0.15) is 30.4 Å². The maximum Gasteiger partial charge on any atom is 0.122 e. The molecule has 3 aliphatic rings. The molecule has 0 aliphatic heterocycles. The maximum atomic E-state index is 12.2. The van der Waals surface area contributed by atoms with Crippen molar-refractivity contribution in [3.63, 3.8) is 0 Å². The molecule has 0 saturated heterocycles. The first-order valence-electron chi connectivity index (χ1n) is 11.1. The Morgan fingerprint density at radius 3 is 1.75 bits per heavy atom. The third kappa shape index (κ3) is 5.33. The van der Waals surface area contributed by atoms with Crippen LogP contribution in [0.2, 0.25) is 0 Å². The van der Waals surface area contributed by atoms with Crippen molar-refractivity contribution < 1.29 is 22.2 Å². The summed E-state index contributed by atoms with van der Waals surface area (Å²) in [5, 5.41) is 12.2. The molecule has 0 unspecified atom stereocenters. The van der Waals surface area contributed by atoms with Crippen molar-refractivity contribution >= 4 is 0 Å². The molecule has 10 radical (unpaired) electrons. The van der Waals surface area contributed by atoms with Gasteiger partial charge >= 0.3 is 0 Å². The van der Waals surface area contributed by atoms with Crippen molar-refractivity contribution in [1.82, 2.24) is 4.90 Å². The average Bonchev–Trinajstić information content (AvgIpc) is 3.53. The predicted octanol–water partition coefficient (Wildman–Crippen LogP) is 5.20. The number of benzene rings is 2. The predicted molar refractivity (Wildman–Crippen MR) is 127 cm³/mol. The van der Waals surface area contributed by atoms with Crippen molar-refractivity contribution in [3.8, 4) is 0 Å². The van der Waals surface area contributed by atoms with Gasteiger partial charge in [0.05, 0.1) is 0 Å². The van der Waals surface area contributed by atoms with Gasteiger partial charge in [0.2, 0.25) is 0 Å². The van der Waals surface area contributed by atoms with E-state index in [1.807, 2.05) is 92.8 Å². The summed E-state index contributed by atoms with van der Waals surface area (Å²) >= 11 is 0. The summed E-state index contributed by atoms with van der Waals surface area (Å²) in [6.07, 6.45) is 17.8. The Labute approximate surface area is 206 Å². The van der Waals surface area contributed by atoms with Crippen LogP contribution in [0.15, 0.2) is 60.7 Å². The van der Waals surface area contributed by atoms with E-state index in [1.54, 1.807) is 0 Å². The molecule has 1 N–H and O–H groups in total. The van der Waals surface area contributed by atoms with E-state index in [2.05, 4.69) is 31.8 Å². The van der Waals surface area contributed by atoms with Crippen molar-refractivity contribution in [3.05, 3.63) is 134 Å². The third-order valence-electron chi connectivity index (χ3n) is 6.30. The van der Waals surface area contributed by atoms with Gasteiger partial charge in [0.15, 0.2) is 0 Å². The minimum absolute atomic E-state index is 0. The SMILES string of the molecule is CN(C)[C@@H]1CCC[C]2[CH][CH][C](C(O)(c3ccccc3)c3ccccc3)[C]21.[CH]1[CH][CH][CH][CH]1.[Fe]. The van der Waals surface area contributed by atoms with E-state index in [0.717, 1.165) is 29.9 Å². The first-order valence-corrected chi connectivity index (χ1v) is 11.1. The monoisotopic (exact) mass is 465 g/mol. The molecule has 0 bridgehead atoms. The van der Waals surface area contributed by atoms with Gasteiger partial charge in [-0.2, -0.15) is 0 Å². The zero-order valence-electron chi connectivity index (χ0n) is 18.8. The van der Waals surface area contributed by atoms with Crippen molar-refractivity contribution in [1.29, 1.82) is 0 Å². The number of hydrogen-bond acceptors (Lipinski definition) is 2. The summed E-state index contributed by atoms with van der Waals surface area (Å²) in [6.45, 7) is 0. The molecule has 2 aromatic rings. The largest absolute Gasteiger partial charge is 0.380 e. The smallest absolute Gasteiger partial charge is 0.122 e. The average molecular weight is 465 g/mol. The van der Waals surface area contributed by atoms with Gasteiger partial charge < -0.3 is 10.0 Å². The molecule has 2 aromatic carbocycles. The summed E-state index contributed by atoms with van der Waals surface area (Å²) in [4.78, 5) is 2.29. The van der Waals surface area contributed by atoms with E-state index in [9.17, 15) is 5.11 Å². The Morgan fingerprint density at radius 2 is 1.28 bits per heavy atom. The molecule has 166 valence electrons. The normalized spacial score (nSPS) is 22.2. The van der Waals surface area contributed by atoms with Crippen LogP contribution in [0.4, 0.5) is 0 Å². The zero-order valence-corrected chi connectivity index (χ0v) is 19.9. The molecule has 0 heterocycles. The summed E-state index contributed by atoms with van der Waals surface area (Å²) in [5.41, 5.74) is 0.701. The number of hydrogen-bond donors (Lipinski definition) is 1. The van der Waals surface area contributed by atoms with Crippen LogP contribution in [0.3, 0.4) is 0 Å². The molecule has 3 heteroatoms. The van der Waals surface area contributed by atoms with Gasteiger partial charge in [-0.1, -0.05) is 67.1 Å². The molecule has 3 aliphatic carbocycles. The Balaban J connectivity index is 0.000000427. The van der Waals surface area contributed by atoms with Crippen LogP contribution >= 0.6 is 0 Å². The van der Waals surface area contributed by atoms with E-state index < -0.39 is 5.60 Å². The van der Waals surface area contributed by atoms with E-state index in [4.69, 9.17) is 0 Å². The Hall–Kier alpha value is -1.12. The van der Waals surface area contributed by atoms with Crippen LogP contribution in [-0.2, 0) is 22.7 Å². The van der Waals surface area contributed by atoms with Crippen molar-refractivity contribution in [2.75, 3.05) is 14.1 Å². The van der Waals surface area contributed by atoms with Crippen LogP contribution in [-0.4, -0.2) is 30.1 Å². The molecule has 0 amide bonds. The van der Waals surface area contributed by atoms with Gasteiger partial charge in [0.1, 0.15) is 5.60 Å². The van der Waals surface area contributed by atoms with Gasteiger partial charge in [-0.15, -0.1) is 0 Å². The minimum Gasteiger partial charge on any atom is -0.380 e. The molecule has 0 spiro atoms. The van der Waals surface area contributed by atoms with E-state index in [1.165, 1.54) is 18.3 Å². The number of fused-ring (bicyclic) bond motifs is 1. The molecule has 3 fully saturated rings. The molecular weight excluding hydrogens is 434 g/mol. The molecular formula is C29H31FeNO. The Bertz CT molecular complexity index is 742. The molecule has 2 nitrogen and oxygen atoms in total. The van der Waals surface area contributed by atoms with Crippen LogP contribution in [0.5, 0.6) is 0 Å². The van der Waals surface area contributed by atoms with E-state index in [0.29, 0.717) is 6.04 Å². The van der Waals surface area contributed by atoms with Crippen molar-refractivity contribution in [2.45, 2.75) is 30.9 Å². The molecule has 1 atom stereocenters. The first kappa shape index (κ1) is 25.5. The first-order chi connectivity index (χ1) is 15.1. The second-order valence-electron chi connectivity index (χ2n) is 8.46. The zero-order chi connectivity index (χ0) is 21.7. The molecule has 3 saturated carbocycles. The van der Waals surface area contributed by atoms with Gasteiger partial charge in [0, 0.05) is 34.9 Å². The standard InChI is InChI=1S/C24H26NO.C5H5.Fe/c1-25(2)22-15-9-10-18-16-17-21(23(18)22)24(26,19-11-5-3-6-12-19)20-13-7-4-8-14-20;1-2-4-5-3-1;/h3-8,11-14,16-17,22,26H,9-10,15H2,1-2H3;1-5H;/t22-;;/m1../s1. The summed E-state index contributed by atoms with van der Waals surface area (Å²) in [6, 6.07) is 20.5.